The first-order chi connectivity index (χ1) is 11.5. The fourth-order valence-electron chi connectivity index (χ4n) is 2.45. The topological polar surface area (TPSA) is 46.6 Å². The molecule has 0 aliphatic rings. The van der Waals surface area contributed by atoms with Gasteiger partial charge in [-0.15, -0.1) is 0 Å². The minimum atomic E-state index is -0.921. The molecule has 0 bridgehead atoms. The fourth-order valence-corrected chi connectivity index (χ4v) is 3.10. The number of rotatable bonds is 7. The Labute approximate surface area is 145 Å². The second kappa shape index (κ2) is 8.64. The van der Waals surface area contributed by atoms with E-state index in [0.29, 0.717) is 24.5 Å². The van der Waals surface area contributed by atoms with E-state index in [4.69, 9.17) is 4.74 Å². The van der Waals surface area contributed by atoms with Crippen LogP contribution in [-0.4, -0.2) is 34.9 Å². The van der Waals surface area contributed by atoms with Crippen LogP contribution in [0.5, 0.6) is 5.75 Å². The molecule has 0 aliphatic carbocycles. The minimum Gasteiger partial charge on any atom is -0.494 e. The number of carbonyl (C=O) groups excluding carboxylic acids is 1. The van der Waals surface area contributed by atoms with Gasteiger partial charge < -0.3 is 9.64 Å². The molecule has 1 amide bonds. The maximum absolute atomic E-state index is 12.6. The zero-order valence-corrected chi connectivity index (χ0v) is 15.1. The molecule has 24 heavy (non-hydrogen) atoms. The van der Waals surface area contributed by atoms with E-state index in [0.717, 1.165) is 16.9 Å². The van der Waals surface area contributed by atoms with Crippen molar-refractivity contribution in [2.75, 3.05) is 19.9 Å². The first-order valence-corrected chi connectivity index (χ1v) is 9.58. The van der Waals surface area contributed by atoms with Gasteiger partial charge in [0.15, 0.2) is 0 Å². The summed E-state index contributed by atoms with van der Waals surface area (Å²) in [6.07, 6.45) is 1.66. The normalized spacial score (nSPS) is 11.8. The van der Waals surface area contributed by atoms with Crippen molar-refractivity contribution in [3.05, 3.63) is 65.2 Å². The molecule has 128 valence electrons. The fraction of sp³-hybridized carbons (Fsp3) is 0.316. The molecule has 0 fully saturated rings. The highest BCUT2D eigenvalue weighted by Crippen LogP contribution is 2.15. The Morgan fingerprint density at radius 3 is 2.46 bits per heavy atom. The van der Waals surface area contributed by atoms with Crippen LogP contribution in [0, 0.1) is 0 Å². The van der Waals surface area contributed by atoms with Crippen LogP contribution < -0.4 is 4.74 Å². The van der Waals surface area contributed by atoms with Crippen LogP contribution in [0.4, 0.5) is 0 Å². The molecule has 1 unspecified atom stereocenters. The smallest absolute Gasteiger partial charge is 0.253 e. The summed E-state index contributed by atoms with van der Waals surface area (Å²) >= 11 is 0. The van der Waals surface area contributed by atoms with E-state index in [1.54, 1.807) is 24.3 Å². The van der Waals surface area contributed by atoms with E-state index in [1.165, 1.54) is 0 Å². The van der Waals surface area contributed by atoms with Gasteiger partial charge in [0.1, 0.15) is 5.75 Å². The summed E-state index contributed by atoms with van der Waals surface area (Å²) in [7, 11) is 0.860. The van der Waals surface area contributed by atoms with Gasteiger partial charge in [-0.3, -0.25) is 9.00 Å². The zero-order chi connectivity index (χ0) is 17.5. The third-order valence-corrected chi connectivity index (χ3v) is 4.28. The Morgan fingerprint density at radius 1 is 1.12 bits per heavy atom. The van der Waals surface area contributed by atoms with Crippen molar-refractivity contribution < 1.29 is 13.7 Å². The number of benzene rings is 2. The van der Waals surface area contributed by atoms with E-state index in [9.17, 15) is 9.00 Å². The highest BCUT2D eigenvalue weighted by molar-refractivity contribution is 7.83. The summed E-state index contributed by atoms with van der Waals surface area (Å²) in [5, 5.41) is 0. The molecular formula is C19H23NO3S. The summed E-state index contributed by atoms with van der Waals surface area (Å²) in [4.78, 5) is 14.3. The minimum absolute atomic E-state index is 0.0485. The number of hydrogen-bond donors (Lipinski definition) is 0. The summed E-state index contributed by atoms with van der Waals surface area (Å²) in [5.74, 6) is 1.24. The lowest BCUT2D eigenvalue weighted by molar-refractivity contribution is 0.0785. The Balaban J connectivity index is 2.04. The van der Waals surface area contributed by atoms with Gasteiger partial charge in [-0.05, 0) is 42.3 Å². The van der Waals surface area contributed by atoms with Gasteiger partial charge in [0.05, 0.1) is 6.61 Å². The van der Waals surface area contributed by atoms with Crippen LogP contribution in [0.2, 0.25) is 0 Å². The molecular weight excluding hydrogens is 322 g/mol. The van der Waals surface area contributed by atoms with Crippen LogP contribution in [0.1, 0.15) is 28.4 Å². The summed E-state index contributed by atoms with van der Waals surface area (Å²) in [5.41, 5.74) is 2.57. The monoisotopic (exact) mass is 345 g/mol. The van der Waals surface area contributed by atoms with E-state index in [1.807, 2.05) is 49.4 Å². The molecule has 4 nitrogen and oxygen atoms in total. The number of amides is 1. The molecule has 2 aromatic rings. The largest absolute Gasteiger partial charge is 0.494 e. The van der Waals surface area contributed by atoms with Gasteiger partial charge in [-0.1, -0.05) is 24.3 Å². The molecule has 0 aliphatic heterocycles. The third kappa shape index (κ3) is 5.20. The quantitative estimate of drug-likeness (QED) is 0.774. The van der Waals surface area contributed by atoms with Crippen molar-refractivity contribution in [1.29, 1.82) is 0 Å². The molecule has 2 aromatic carbocycles. The number of nitrogens with zero attached hydrogens (tertiary/aromatic N) is 1. The maximum atomic E-state index is 12.6. The van der Waals surface area contributed by atoms with Crippen molar-refractivity contribution >= 4 is 16.7 Å². The van der Waals surface area contributed by atoms with Gasteiger partial charge >= 0.3 is 0 Å². The van der Waals surface area contributed by atoms with Crippen LogP contribution in [0.3, 0.4) is 0 Å². The van der Waals surface area contributed by atoms with Gasteiger partial charge in [0.25, 0.3) is 5.91 Å². The molecule has 0 N–H and O–H groups in total. The predicted octanol–water partition coefficient (Wildman–Crippen LogP) is 3.24. The zero-order valence-electron chi connectivity index (χ0n) is 14.3. The van der Waals surface area contributed by atoms with Crippen molar-refractivity contribution in [2.24, 2.45) is 0 Å². The number of carbonyl (C=O) groups is 1. The number of hydrogen-bond acceptors (Lipinski definition) is 3. The van der Waals surface area contributed by atoms with Crippen LogP contribution in [0.15, 0.2) is 48.5 Å². The highest BCUT2D eigenvalue weighted by Gasteiger charge is 2.13. The predicted molar refractivity (Wildman–Crippen MR) is 97.6 cm³/mol. The lowest BCUT2D eigenvalue weighted by Crippen LogP contribution is -2.26. The van der Waals surface area contributed by atoms with E-state index in [-0.39, 0.29) is 5.91 Å². The van der Waals surface area contributed by atoms with Gasteiger partial charge in [0, 0.05) is 42.0 Å². The van der Waals surface area contributed by atoms with Crippen molar-refractivity contribution in [2.45, 2.75) is 19.2 Å². The van der Waals surface area contributed by atoms with Gasteiger partial charge in [-0.25, -0.2) is 0 Å². The second-order valence-corrected chi connectivity index (χ2v) is 7.09. The maximum Gasteiger partial charge on any atom is 0.253 e. The van der Waals surface area contributed by atoms with Crippen molar-refractivity contribution in [3.63, 3.8) is 0 Å². The molecule has 0 saturated heterocycles. The SMILES string of the molecule is CCOc1ccc(CN(C)C(=O)c2cccc(CS(C)=O)c2)cc1. The Morgan fingerprint density at radius 2 is 1.83 bits per heavy atom. The standard InChI is InChI=1S/C19H23NO3S/c1-4-23-18-10-8-15(9-11-18)13-20(2)19(21)17-7-5-6-16(12-17)14-24(3)22/h5-12H,4,13-14H2,1-3H3. The molecule has 1 atom stereocenters. The average Bonchev–Trinajstić information content (AvgIpc) is 2.56. The van der Waals surface area contributed by atoms with Crippen LogP contribution in [-0.2, 0) is 23.1 Å². The van der Waals surface area contributed by atoms with Gasteiger partial charge in [-0.2, -0.15) is 0 Å². The molecule has 0 aromatic heterocycles. The summed E-state index contributed by atoms with van der Waals surface area (Å²) < 4.78 is 16.8. The number of ether oxygens (including phenoxy) is 1. The first-order valence-electron chi connectivity index (χ1n) is 7.85. The third-order valence-electron chi connectivity index (χ3n) is 3.54. The average molecular weight is 345 g/mol. The van der Waals surface area contributed by atoms with Crippen molar-refractivity contribution in [3.8, 4) is 5.75 Å². The van der Waals surface area contributed by atoms with E-state index >= 15 is 0 Å². The highest BCUT2D eigenvalue weighted by atomic mass is 32.2. The van der Waals surface area contributed by atoms with E-state index < -0.39 is 10.8 Å². The van der Waals surface area contributed by atoms with Crippen LogP contribution >= 0.6 is 0 Å². The molecule has 0 heterocycles. The molecule has 0 spiro atoms. The molecule has 0 saturated carbocycles. The molecule has 2 rings (SSSR count). The second-order valence-electron chi connectivity index (χ2n) is 5.66. The molecule has 0 radical (unpaired) electrons. The van der Waals surface area contributed by atoms with Crippen LogP contribution in [0.25, 0.3) is 0 Å². The molecule has 5 heteroatoms. The van der Waals surface area contributed by atoms with Gasteiger partial charge in [0.2, 0.25) is 0 Å². The first kappa shape index (κ1) is 18.2. The van der Waals surface area contributed by atoms with E-state index in [2.05, 4.69) is 0 Å². The lowest BCUT2D eigenvalue weighted by atomic mass is 10.1. The summed E-state index contributed by atoms with van der Waals surface area (Å²) in [6, 6.07) is 15.1. The Hall–Kier alpha value is -2.14. The lowest BCUT2D eigenvalue weighted by Gasteiger charge is -2.18. The Kier molecular flexibility index (Phi) is 6.55. The van der Waals surface area contributed by atoms with Crippen molar-refractivity contribution in [1.82, 2.24) is 4.90 Å². The summed E-state index contributed by atoms with van der Waals surface area (Å²) in [6.45, 7) is 3.11. The Bertz CT molecular complexity index is 713.